The zero-order valence-electron chi connectivity index (χ0n) is 11.5. The monoisotopic (exact) mass is 268 g/mol. The fraction of sp³-hybridized carbons (Fsp3) is 0.143. The number of benzene rings is 2. The van der Waals surface area contributed by atoms with E-state index in [4.69, 9.17) is 10.3 Å². The summed E-state index contributed by atoms with van der Waals surface area (Å²) in [5.74, 6) is 0.729. The molecule has 5 heteroatoms. The smallest absolute Gasteiger partial charge is 0.227 e. The fourth-order valence-electron chi connectivity index (χ4n) is 2.49. The van der Waals surface area contributed by atoms with Gasteiger partial charge in [-0.2, -0.15) is 0 Å². The van der Waals surface area contributed by atoms with E-state index < -0.39 is 0 Å². The van der Waals surface area contributed by atoms with E-state index in [9.17, 15) is 0 Å². The summed E-state index contributed by atoms with van der Waals surface area (Å²) in [5.41, 5.74) is 4.59. The van der Waals surface area contributed by atoms with Gasteiger partial charge in [0, 0.05) is 7.11 Å². The van der Waals surface area contributed by atoms with Gasteiger partial charge >= 0.3 is 0 Å². The van der Waals surface area contributed by atoms with Crippen molar-refractivity contribution in [2.45, 2.75) is 6.10 Å². The number of ether oxygens (including phenoxy) is 1. The molecule has 1 aliphatic heterocycles. The lowest BCUT2D eigenvalue weighted by atomic mass is 9.56. The third kappa shape index (κ3) is 2.28. The quantitative estimate of drug-likeness (QED) is 0.614. The van der Waals surface area contributed by atoms with E-state index in [0.717, 1.165) is 35.8 Å². The minimum Gasteiger partial charge on any atom is -0.439 e. The molecule has 0 saturated heterocycles. The van der Waals surface area contributed by atoms with Gasteiger partial charge < -0.3 is 8.92 Å². The minimum atomic E-state index is -0.0836. The molecule has 0 bridgehead atoms. The summed E-state index contributed by atoms with van der Waals surface area (Å²) >= 11 is 0.997. The number of rotatable bonds is 4. The highest BCUT2D eigenvalue weighted by molar-refractivity contribution is 8.16. The van der Waals surface area contributed by atoms with Crippen molar-refractivity contribution in [2.75, 3.05) is 7.11 Å². The highest BCUT2D eigenvalue weighted by atomic mass is 32.2. The van der Waals surface area contributed by atoms with E-state index in [2.05, 4.69) is 19.4 Å². The van der Waals surface area contributed by atoms with Crippen molar-refractivity contribution in [1.29, 1.82) is 1.34 Å². The molecule has 1 heterocycles. The summed E-state index contributed by atoms with van der Waals surface area (Å²) in [6, 6.07) is 14.2. The maximum absolute atomic E-state index is 6.99. The molecule has 0 aliphatic carbocycles. The molecule has 2 radical (unpaired) electrons. The van der Waals surface area contributed by atoms with Gasteiger partial charge in [-0.3, -0.25) is 0 Å². The SMILES string of the molecule is [3H][B]SOc1ccc2c(c1)C(OC)c1ccccc1[B]2. The topological polar surface area (TPSA) is 18.5 Å². The van der Waals surface area contributed by atoms with Crippen LogP contribution in [-0.4, -0.2) is 22.8 Å². The predicted molar refractivity (Wildman–Crippen MR) is 82.1 cm³/mol. The molecule has 1 aliphatic rings. The second kappa shape index (κ2) is 5.35. The summed E-state index contributed by atoms with van der Waals surface area (Å²) in [6.07, 6.45) is -0.0836. The summed E-state index contributed by atoms with van der Waals surface area (Å²) in [4.78, 5) is 0. The Morgan fingerprint density at radius 2 is 2.05 bits per heavy atom. The first-order valence-electron chi connectivity index (χ1n) is 6.55. The molecule has 0 amide bonds. The Hall–Kier alpha value is -1.32. The highest BCUT2D eigenvalue weighted by Gasteiger charge is 2.25. The van der Waals surface area contributed by atoms with Crippen molar-refractivity contribution >= 4 is 37.2 Å². The van der Waals surface area contributed by atoms with E-state index in [-0.39, 0.29) is 6.10 Å². The Labute approximate surface area is 120 Å². The molecule has 0 fully saturated rings. The second-order valence-corrected chi connectivity index (χ2v) is 4.72. The van der Waals surface area contributed by atoms with Crippen LogP contribution in [0.2, 0.25) is 0 Å². The van der Waals surface area contributed by atoms with E-state index in [1.165, 1.54) is 11.0 Å². The van der Waals surface area contributed by atoms with Gasteiger partial charge in [-0.15, -0.1) is 0 Å². The lowest BCUT2D eigenvalue weighted by Crippen LogP contribution is -2.39. The van der Waals surface area contributed by atoms with Crippen LogP contribution in [0.3, 0.4) is 0 Å². The van der Waals surface area contributed by atoms with Crippen molar-refractivity contribution in [2.24, 2.45) is 0 Å². The molecule has 3 rings (SSSR count). The first kappa shape index (κ1) is 11.5. The molecule has 92 valence electrons. The maximum atomic E-state index is 6.99. The molecule has 0 spiro atoms. The standard InChI is InChI=1S/C14H12B2O2S/c1-17-14-10-4-2-3-5-12(10)16-13-7-6-9(18-19-15)8-11(13)14/h2-8,14-15H,1H3/i15T. The molecule has 19 heavy (non-hydrogen) atoms. The van der Waals surface area contributed by atoms with Crippen LogP contribution in [-0.2, 0) is 4.74 Å². The lowest BCUT2D eigenvalue weighted by Gasteiger charge is -2.27. The van der Waals surface area contributed by atoms with Gasteiger partial charge in [0.1, 0.15) is 11.9 Å². The van der Waals surface area contributed by atoms with Crippen molar-refractivity contribution in [3.63, 3.8) is 0 Å². The molecule has 0 N–H and O–H groups in total. The van der Waals surface area contributed by atoms with E-state index in [1.807, 2.05) is 30.3 Å². The number of hydrogen-bond donors (Lipinski definition) is 0. The second-order valence-electron chi connectivity index (χ2n) is 4.36. The minimum absolute atomic E-state index is 0.0836. The molecular formula is C14H12B2O2S. The average molecular weight is 268 g/mol. The first-order valence-corrected chi connectivity index (χ1v) is 6.78. The van der Waals surface area contributed by atoms with Crippen LogP contribution in [0.4, 0.5) is 0 Å². The molecule has 2 aromatic carbocycles. The molecule has 2 aromatic rings. The summed E-state index contributed by atoms with van der Waals surface area (Å²) in [7, 11) is 5.04. The van der Waals surface area contributed by atoms with Gasteiger partial charge in [0.25, 0.3) is 0 Å². The number of fused-ring (bicyclic) bond motifs is 2. The number of hydrogen-bond acceptors (Lipinski definition) is 3. The molecule has 0 aromatic heterocycles. The Morgan fingerprint density at radius 1 is 1.21 bits per heavy atom. The molecule has 2 nitrogen and oxygen atoms in total. The van der Waals surface area contributed by atoms with E-state index in [1.54, 1.807) is 7.11 Å². The van der Waals surface area contributed by atoms with Crippen LogP contribution >= 0.6 is 11.9 Å². The van der Waals surface area contributed by atoms with Gasteiger partial charge in [0.05, 0.1) is 0 Å². The summed E-state index contributed by atoms with van der Waals surface area (Å²) in [6.45, 7) is 0. The summed E-state index contributed by atoms with van der Waals surface area (Å²) in [5, 5.41) is 0. The van der Waals surface area contributed by atoms with E-state index >= 15 is 0 Å². The van der Waals surface area contributed by atoms with Gasteiger partial charge in [-0.25, -0.2) is 0 Å². The Balaban J connectivity index is 2.00. The van der Waals surface area contributed by atoms with Gasteiger partial charge in [-0.1, -0.05) is 41.3 Å². The maximum Gasteiger partial charge on any atom is 0.227 e. The summed E-state index contributed by atoms with van der Waals surface area (Å²) < 4.78 is 18.1. The third-order valence-electron chi connectivity index (χ3n) is 3.31. The van der Waals surface area contributed by atoms with E-state index in [0.29, 0.717) is 0 Å². The lowest BCUT2D eigenvalue weighted by molar-refractivity contribution is 0.137. The van der Waals surface area contributed by atoms with Crippen molar-refractivity contribution in [1.82, 2.24) is 0 Å². The zero-order valence-corrected chi connectivity index (χ0v) is 11.3. The number of methoxy groups -OCH3 is 1. The first-order chi connectivity index (χ1) is 9.83. The molecule has 1 atom stereocenters. The fourth-order valence-corrected chi connectivity index (χ4v) is 2.70. The average Bonchev–Trinajstić information content (AvgIpc) is 2.50. The van der Waals surface area contributed by atoms with Gasteiger partial charge in [0.15, 0.2) is 7.28 Å². The van der Waals surface area contributed by atoms with Crippen LogP contribution in [0.1, 0.15) is 17.2 Å². The largest absolute Gasteiger partial charge is 0.439 e. The van der Waals surface area contributed by atoms with Crippen molar-refractivity contribution in [3.05, 3.63) is 53.6 Å². The molecule has 0 saturated carbocycles. The Bertz CT molecular complexity index is 624. The molecule has 1 unspecified atom stereocenters. The third-order valence-corrected chi connectivity index (χ3v) is 3.60. The Kier molecular flexibility index (Phi) is 3.24. The Morgan fingerprint density at radius 3 is 2.89 bits per heavy atom. The van der Waals surface area contributed by atoms with Crippen LogP contribution < -0.4 is 15.1 Å². The van der Waals surface area contributed by atoms with Crippen LogP contribution in [0.5, 0.6) is 5.75 Å². The van der Waals surface area contributed by atoms with Gasteiger partial charge in [0.2, 0.25) is 7.09 Å². The molecular weight excluding hydrogens is 254 g/mol. The van der Waals surface area contributed by atoms with Crippen molar-refractivity contribution < 1.29 is 8.92 Å². The predicted octanol–water partition coefficient (Wildman–Crippen LogP) is 1.23. The van der Waals surface area contributed by atoms with Crippen molar-refractivity contribution in [3.8, 4) is 5.75 Å². The zero-order chi connectivity index (χ0) is 13.9. The normalized spacial score (nSPS) is 16.7. The van der Waals surface area contributed by atoms with Crippen LogP contribution in [0.25, 0.3) is 0 Å². The highest BCUT2D eigenvalue weighted by Crippen LogP contribution is 2.28. The van der Waals surface area contributed by atoms with Gasteiger partial charge in [-0.05, 0) is 36.5 Å². The van der Waals surface area contributed by atoms with Crippen LogP contribution in [0, 0.1) is 0 Å². The van der Waals surface area contributed by atoms with Crippen LogP contribution in [0.15, 0.2) is 42.5 Å².